The molecule has 1 aromatic carbocycles. The molecule has 146 valence electrons. The third kappa shape index (κ3) is 5.65. The molecule has 1 amide bonds. The van der Waals surface area contributed by atoms with Crippen molar-refractivity contribution < 1.29 is 4.79 Å². The molecule has 0 saturated heterocycles. The van der Waals surface area contributed by atoms with Crippen LogP contribution in [0.25, 0.3) is 0 Å². The number of carbonyl (C=O) groups is 1. The van der Waals surface area contributed by atoms with Crippen molar-refractivity contribution in [2.45, 2.75) is 26.4 Å². The second-order valence-electron chi connectivity index (χ2n) is 6.18. The van der Waals surface area contributed by atoms with Crippen LogP contribution in [0.1, 0.15) is 23.9 Å². The Balaban J connectivity index is 0.00000261. The minimum atomic E-state index is 0. The van der Waals surface area contributed by atoms with Crippen molar-refractivity contribution in [3.8, 4) is 0 Å². The summed E-state index contributed by atoms with van der Waals surface area (Å²) in [6, 6.07) is 8.30. The van der Waals surface area contributed by atoms with Crippen molar-refractivity contribution in [3.63, 3.8) is 0 Å². The summed E-state index contributed by atoms with van der Waals surface area (Å²) in [6.07, 6.45) is 2.41. The first-order chi connectivity index (χ1) is 12.7. The number of benzene rings is 1. The van der Waals surface area contributed by atoms with Crippen LogP contribution in [0.3, 0.4) is 0 Å². The molecule has 0 bridgehead atoms. The fourth-order valence-electron chi connectivity index (χ4n) is 2.93. The van der Waals surface area contributed by atoms with E-state index in [0.29, 0.717) is 19.0 Å². The second-order valence-corrected chi connectivity index (χ2v) is 6.18. The third-order valence-corrected chi connectivity index (χ3v) is 4.42. The number of hydrogen-bond donors (Lipinski definition) is 2. The lowest BCUT2D eigenvalue weighted by atomic mass is 10.00. The van der Waals surface area contributed by atoms with Gasteiger partial charge in [-0.25, -0.2) is 9.98 Å². The van der Waals surface area contributed by atoms with Gasteiger partial charge in [-0.1, -0.05) is 24.3 Å². The Morgan fingerprint density at radius 2 is 2.04 bits per heavy atom. The number of fused-ring (bicyclic) bond motifs is 1. The predicted molar refractivity (Wildman–Crippen MR) is 115 cm³/mol. The molecule has 8 nitrogen and oxygen atoms in total. The summed E-state index contributed by atoms with van der Waals surface area (Å²) < 4.78 is 1.68. The molecule has 0 atom stereocenters. The van der Waals surface area contributed by atoms with Gasteiger partial charge in [0, 0.05) is 26.7 Å². The van der Waals surface area contributed by atoms with Crippen LogP contribution in [0.5, 0.6) is 0 Å². The van der Waals surface area contributed by atoms with Gasteiger partial charge in [-0.3, -0.25) is 9.48 Å². The highest BCUT2D eigenvalue weighted by Crippen LogP contribution is 2.18. The molecular formula is C18H26IN7O. The molecule has 1 aromatic heterocycles. The fourth-order valence-corrected chi connectivity index (χ4v) is 2.93. The van der Waals surface area contributed by atoms with E-state index in [0.717, 1.165) is 25.3 Å². The zero-order valence-electron chi connectivity index (χ0n) is 15.7. The Bertz CT molecular complexity index is 790. The van der Waals surface area contributed by atoms with Crippen LogP contribution in [0, 0.1) is 0 Å². The summed E-state index contributed by atoms with van der Waals surface area (Å²) in [6.45, 7) is 4.75. The van der Waals surface area contributed by atoms with Gasteiger partial charge < -0.3 is 15.5 Å². The van der Waals surface area contributed by atoms with Crippen LogP contribution in [0.2, 0.25) is 0 Å². The number of nitrogens with zero attached hydrogens (tertiary/aromatic N) is 5. The van der Waals surface area contributed by atoms with Gasteiger partial charge in [0.1, 0.15) is 18.7 Å². The number of amides is 1. The average Bonchev–Trinajstić information content (AvgIpc) is 3.08. The lowest BCUT2D eigenvalue weighted by Crippen LogP contribution is -2.46. The van der Waals surface area contributed by atoms with Crippen molar-refractivity contribution in [2.75, 3.05) is 19.6 Å². The van der Waals surface area contributed by atoms with Gasteiger partial charge in [-0.05, 0) is 24.5 Å². The summed E-state index contributed by atoms with van der Waals surface area (Å²) in [5, 5.41) is 10.3. The SMILES string of the molecule is CCNC(=NCc1ncnn1C)NCC(=O)N1CCc2ccccc2C1.I. The Morgan fingerprint density at radius 1 is 1.26 bits per heavy atom. The van der Waals surface area contributed by atoms with Gasteiger partial charge >= 0.3 is 0 Å². The molecule has 0 fully saturated rings. The van der Waals surface area contributed by atoms with Crippen LogP contribution in [-0.2, 0) is 31.4 Å². The predicted octanol–water partition coefficient (Wildman–Crippen LogP) is 1.07. The van der Waals surface area contributed by atoms with E-state index in [1.165, 1.54) is 17.5 Å². The van der Waals surface area contributed by atoms with Crippen LogP contribution >= 0.6 is 24.0 Å². The molecule has 9 heteroatoms. The van der Waals surface area contributed by atoms with Gasteiger partial charge in [0.05, 0.1) is 6.54 Å². The van der Waals surface area contributed by atoms with Crippen molar-refractivity contribution in [1.82, 2.24) is 30.3 Å². The van der Waals surface area contributed by atoms with Gasteiger partial charge in [-0.15, -0.1) is 24.0 Å². The summed E-state index contributed by atoms with van der Waals surface area (Å²) in [5.74, 6) is 1.44. The first-order valence-corrected chi connectivity index (χ1v) is 8.87. The third-order valence-electron chi connectivity index (χ3n) is 4.42. The number of hydrogen-bond acceptors (Lipinski definition) is 4. The zero-order chi connectivity index (χ0) is 18.4. The number of carbonyl (C=O) groups excluding carboxylic acids is 1. The molecule has 27 heavy (non-hydrogen) atoms. The van der Waals surface area contributed by atoms with E-state index in [4.69, 9.17) is 0 Å². The van der Waals surface area contributed by atoms with Crippen molar-refractivity contribution in [2.24, 2.45) is 12.0 Å². The average molecular weight is 483 g/mol. The summed E-state index contributed by atoms with van der Waals surface area (Å²) in [5.41, 5.74) is 2.57. The minimum Gasteiger partial charge on any atom is -0.357 e. The molecule has 2 N–H and O–H groups in total. The lowest BCUT2D eigenvalue weighted by molar-refractivity contribution is -0.130. The maximum Gasteiger partial charge on any atom is 0.242 e. The number of guanidine groups is 1. The van der Waals surface area contributed by atoms with E-state index in [2.05, 4.69) is 37.8 Å². The number of aromatic nitrogens is 3. The molecule has 0 unspecified atom stereocenters. The molecule has 0 spiro atoms. The molecule has 2 heterocycles. The Hall–Kier alpha value is -2.17. The maximum atomic E-state index is 12.6. The normalized spacial score (nSPS) is 13.6. The first kappa shape index (κ1) is 21.1. The fraction of sp³-hybridized carbons (Fsp3) is 0.444. The summed E-state index contributed by atoms with van der Waals surface area (Å²) in [4.78, 5) is 23.1. The van der Waals surface area contributed by atoms with Crippen LogP contribution in [-0.4, -0.2) is 51.2 Å². The van der Waals surface area contributed by atoms with E-state index < -0.39 is 0 Å². The zero-order valence-corrected chi connectivity index (χ0v) is 18.0. The van der Waals surface area contributed by atoms with Gasteiger partial charge in [0.25, 0.3) is 0 Å². The number of aliphatic imine (C=N–C) groups is 1. The van der Waals surface area contributed by atoms with E-state index in [1.807, 2.05) is 31.0 Å². The van der Waals surface area contributed by atoms with Crippen LogP contribution < -0.4 is 10.6 Å². The van der Waals surface area contributed by atoms with E-state index >= 15 is 0 Å². The van der Waals surface area contributed by atoms with E-state index in [-0.39, 0.29) is 36.4 Å². The van der Waals surface area contributed by atoms with Crippen LogP contribution in [0.15, 0.2) is 35.6 Å². The molecule has 2 aromatic rings. The summed E-state index contributed by atoms with van der Waals surface area (Å²) >= 11 is 0. The molecule has 1 aliphatic rings. The van der Waals surface area contributed by atoms with Gasteiger partial charge in [0.2, 0.25) is 5.91 Å². The van der Waals surface area contributed by atoms with Gasteiger partial charge in [-0.2, -0.15) is 5.10 Å². The Labute approximate surface area is 176 Å². The number of rotatable bonds is 5. The minimum absolute atomic E-state index is 0. The number of nitrogens with one attached hydrogen (secondary N) is 2. The molecular weight excluding hydrogens is 457 g/mol. The second kappa shape index (κ2) is 10.2. The largest absolute Gasteiger partial charge is 0.357 e. The van der Waals surface area contributed by atoms with E-state index in [1.54, 1.807) is 4.68 Å². The molecule has 1 aliphatic heterocycles. The van der Waals surface area contributed by atoms with Crippen LogP contribution in [0.4, 0.5) is 0 Å². The summed E-state index contributed by atoms with van der Waals surface area (Å²) in [7, 11) is 1.83. The van der Waals surface area contributed by atoms with Gasteiger partial charge in [0.15, 0.2) is 5.96 Å². The number of halogens is 1. The van der Waals surface area contributed by atoms with Crippen molar-refractivity contribution in [3.05, 3.63) is 47.5 Å². The highest BCUT2D eigenvalue weighted by molar-refractivity contribution is 14.0. The molecule has 0 saturated carbocycles. The van der Waals surface area contributed by atoms with Crippen molar-refractivity contribution in [1.29, 1.82) is 0 Å². The lowest BCUT2D eigenvalue weighted by Gasteiger charge is -2.29. The highest BCUT2D eigenvalue weighted by Gasteiger charge is 2.20. The standard InChI is InChI=1S/C18H25N7O.HI/c1-3-19-18(20-10-16-22-13-23-24(16)2)21-11-17(26)25-9-8-14-6-4-5-7-15(14)12-25;/h4-7,13H,3,8-12H2,1-2H3,(H2,19,20,21);1H. The quantitative estimate of drug-likeness (QED) is 0.378. The Morgan fingerprint density at radius 3 is 2.74 bits per heavy atom. The molecule has 0 radical (unpaired) electrons. The highest BCUT2D eigenvalue weighted by atomic mass is 127. The Kier molecular flexibility index (Phi) is 8.01. The van der Waals surface area contributed by atoms with E-state index in [9.17, 15) is 4.79 Å². The molecule has 3 rings (SSSR count). The topological polar surface area (TPSA) is 87.4 Å². The molecule has 0 aliphatic carbocycles. The number of aryl methyl sites for hydroxylation is 1. The monoisotopic (exact) mass is 483 g/mol. The smallest absolute Gasteiger partial charge is 0.242 e. The van der Waals surface area contributed by atoms with Crippen molar-refractivity contribution >= 4 is 35.8 Å². The first-order valence-electron chi connectivity index (χ1n) is 8.87. The maximum absolute atomic E-state index is 12.6.